The van der Waals surface area contributed by atoms with Crippen molar-refractivity contribution in [2.45, 2.75) is 45.1 Å². The molecule has 1 aromatic carbocycles. The van der Waals surface area contributed by atoms with Crippen LogP contribution >= 0.6 is 0 Å². The Labute approximate surface area is 116 Å². The van der Waals surface area contributed by atoms with Gasteiger partial charge in [0.05, 0.1) is 14.2 Å². The maximum Gasteiger partial charge on any atom is 0.126 e. The average Bonchev–Trinajstić information content (AvgIpc) is 3.16. The van der Waals surface area contributed by atoms with E-state index in [-0.39, 0.29) is 5.41 Å². The van der Waals surface area contributed by atoms with Crippen LogP contribution in [0.4, 0.5) is 0 Å². The molecule has 0 saturated heterocycles. The molecule has 1 N–H and O–H groups in total. The van der Waals surface area contributed by atoms with Crippen molar-refractivity contribution in [3.05, 3.63) is 23.3 Å². The van der Waals surface area contributed by atoms with E-state index in [1.54, 1.807) is 14.2 Å². The number of rotatable bonds is 6. The number of nitrogens with one attached hydrogen (secondary N) is 1. The summed E-state index contributed by atoms with van der Waals surface area (Å²) in [6.45, 7) is 7.55. The third kappa shape index (κ3) is 2.86. The fourth-order valence-electron chi connectivity index (χ4n) is 2.75. The molecule has 0 spiro atoms. The van der Waals surface area contributed by atoms with Gasteiger partial charge in [0.25, 0.3) is 0 Å². The molecule has 0 atom stereocenters. The van der Waals surface area contributed by atoms with Crippen molar-refractivity contribution in [1.82, 2.24) is 5.32 Å². The lowest BCUT2D eigenvalue weighted by atomic mass is 9.90. The summed E-state index contributed by atoms with van der Waals surface area (Å²) in [5, 5.41) is 3.57. The van der Waals surface area contributed by atoms with E-state index in [4.69, 9.17) is 9.47 Å². The molecule has 0 aliphatic heterocycles. The van der Waals surface area contributed by atoms with Gasteiger partial charge in [-0.25, -0.2) is 0 Å². The summed E-state index contributed by atoms with van der Waals surface area (Å²) in [6, 6.07) is 4.62. The van der Waals surface area contributed by atoms with Gasteiger partial charge in [-0.2, -0.15) is 0 Å². The van der Waals surface area contributed by atoms with E-state index >= 15 is 0 Å². The van der Waals surface area contributed by atoms with Gasteiger partial charge in [-0.15, -0.1) is 0 Å². The van der Waals surface area contributed by atoms with Crippen LogP contribution in [0.15, 0.2) is 12.1 Å². The van der Waals surface area contributed by atoms with E-state index in [1.807, 2.05) is 6.07 Å². The SMILES string of the molecule is COc1cc(C)c(C2(CNC(C)C)CC2)c(OC)c1. The normalized spacial score (nSPS) is 16.5. The van der Waals surface area contributed by atoms with Crippen LogP contribution in [0.1, 0.15) is 37.8 Å². The Morgan fingerprint density at radius 1 is 1.21 bits per heavy atom. The highest BCUT2D eigenvalue weighted by Gasteiger charge is 2.46. The van der Waals surface area contributed by atoms with Crippen molar-refractivity contribution in [2.75, 3.05) is 20.8 Å². The zero-order valence-electron chi connectivity index (χ0n) is 12.7. The molecular weight excluding hydrogens is 238 g/mol. The number of aryl methyl sites for hydroxylation is 1. The maximum atomic E-state index is 5.59. The molecule has 1 fully saturated rings. The van der Waals surface area contributed by atoms with Crippen LogP contribution in [0.25, 0.3) is 0 Å². The van der Waals surface area contributed by atoms with E-state index in [2.05, 4.69) is 32.2 Å². The van der Waals surface area contributed by atoms with Gasteiger partial charge in [-0.3, -0.25) is 0 Å². The van der Waals surface area contributed by atoms with Gasteiger partial charge in [-0.05, 0) is 31.4 Å². The second-order valence-electron chi connectivity index (χ2n) is 5.84. The Morgan fingerprint density at radius 2 is 1.89 bits per heavy atom. The van der Waals surface area contributed by atoms with E-state index in [9.17, 15) is 0 Å². The monoisotopic (exact) mass is 263 g/mol. The van der Waals surface area contributed by atoms with Gasteiger partial charge in [0.1, 0.15) is 11.5 Å². The average molecular weight is 263 g/mol. The maximum absolute atomic E-state index is 5.59. The highest BCUT2D eigenvalue weighted by molar-refractivity contribution is 5.52. The lowest BCUT2D eigenvalue weighted by Gasteiger charge is -2.23. The van der Waals surface area contributed by atoms with Crippen LogP contribution < -0.4 is 14.8 Å². The largest absolute Gasteiger partial charge is 0.497 e. The summed E-state index contributed by atoms with van der Waals surface area (Å²) in [5.41, 5.74) is 2.87. The molecule has 0 amide bonds. The quantitative estimate of drug-likeness (QED) is 0.855. The van der Waals surface area contributed by atoms with Gasteiger partial charge in [-0.1, -0.05) is 13.8 Å². The van der Waals surface area contributed by atoms with Crippen LogP contribution in [-0.4, -0.2) is 26.8 Å². The van der Waals surface area contributed by atoms with Gasteiger partial charge in [0.15, 0.2) is 0 Å². The van der Waals surface area contributed by atoms with Crippen molar-refractivity contribution >= 4 is 0 Å². The molecule has 19 heavy (non-hydrogen) atoms. The zero-order chi connectivity index (χ0) is 14.0. The Morgan fingerprint density at radius 3 is 2.37 bits per heavy atom. The first kappa shape index (κ1) is 14.2. The third-order valence-corrected chi connectivity index (χ3v) is 3.96. The second kappa shape index (κ2) is 5.41. The zero-order valence-corrected chi connectivity index (χ0v) is 12.7. The molecule has 2 rings (SSSR count). The predicted octanol–water partition coefficient (Wildman–Crippen LogP) is 3.04. The Bertz CT molecular complexity index is 450. The van der Waals surface area contributed by atoms with Gasteiger partial charge in [0, 0.05) is 29.6 Å². The van der Waals surface area contributed by atoms with Gasteiger partial charge in [0.2, 0.25) is 0 Å². The standard InChI is InChI=1S/C16H25NO2/c1-11(2)17-10-16(6-7-16)15-12(3)8-13(18-4)9-14(15)19-5/h8-9,11,17H,6-7,10H2,1-5H3. The number of hydrogen-bond donors (Lipinski definition) is 1. The fourth-order valence-corrected chi connectivity index (χ4v) is 2.75. The molecule has 0 heterocycles. The third-order valence-electron chi connectivity index (χ3n) is 3.96. The molecule has 1 saturated carbocycles. The van der Waals surface area contributed by atoms with Crippen molar-refractivity contribution < 1.29 is 9.47 Å². The van der Waals surface area contributed by atoms with Crippen molar-refractivity contribution in [3.63, 3.8) is 0 Å². The summed E-state index contributed by atoms with van der Waals surface area (Å²) in [6.07, 6.45) is 2.46. The number of ether oxygens (including phenoxy) is 2. The molecule has 3 nitrogen and oxygen atoms in total. The Hall–Kier alpha value is -1.22. The fraction of sp³-hybridized carbons (Fsp3) is 0.625. The molecular formula is C16H25NO2. The molecule has 1 aromatic rings. The van der Waals surface area contributed by atoms with Crippen LogP contribution in [0.3, 0.4) is 0 Å². The molecule has 0 aromatic heterocycles. The smallest absolute Gasteiger partial charge is 0.126 e. The molecule has 0 bridgehead atoms. The van der Waals surface area contributed by atoms with Gasteiger partial charge < -0.3 is 14.8 Å². The van der Waals surface area contributed by atoms with Crippen molar-refractivity contribution in [2.24, 2.45) is 0 Å². The predicted molar refractivity (Wildman–Crippen MR) is 78.3 cm³/mol. The first-order valence-corrected chi connectivity index (χ1v) is 6.99. The lowest BCUT2D eigenvalue weighted by molar-refractivity contribution is 0.384. The highest BCUT2D eigenvalue weighted by atomic mass is 16.5. The van der Waals surface area contributed by atoms with Crippen LogP contribution in [-0.2, 0) is 5.41 Å². The highest BCUT2D eigenvalue weighted by Crippen LogP contribution is 2.52. The number of methoxy groups -OCH3 is 2. The van der Waals surface area contributed by atoms with E-state index in [0.29, 0.717) is 6.04 Å². The summed E-state index contributed by atoms with van der Waals surface area (Å²) in [5.74, 6) is 1.82. The molecule has 1 aliphatic carbocycles. The van der Waals surface area contributed by atoms with E-state index in [0.717, 1.165) is 18.0 Å². The summed E-state index contributed by atoms with van der Waals surface area (Å²) in [4.78, 5) is 0. The molecule has 1 aliphatic rings. The van der Waals surface area contributed by atoms with Crippen LogP contribution in [0.5, 0.6) is 11.5 Å². The summed E-state index contributed by atoms with van der Waals surface area (Å²) in [7, 11) is 3.44. The minimum absolute atomic E-state index is 0.256. The molecule has 106 valence electrons. The minimum Gasteiger partial charge on any atom is -0.497 e. The van der Waals surface area contributed by atoms with Crippen LogP contribution in [0.2, 0.25) is 0 Å². The lowest BCUT2D eigenvalue weighted by Crippen LogP contribution is -2.32. The van der Waals surface area contributed by atoms with E-state index in [1.165, 1.54) is 24.0 Å². The molecule has 0 radical (unpaired) electrons. The number of benzene rings is 1. The first-order chi connectivity index (χ1) is 9.02. The molecule has 3 heteroatoms. The second-order valence-corrected chi connectivity index (χ2v) is 5.84. The van der Waals surface area contributed by atoms with Crippen molar-refractivity contribution in [1.29, 1.82) is 0 Å². The molecule has 0 unspecified atom stereocenters. The Balaban J connectivity index is 2.33. The van der Waals surface area contributed by atoms with E-state index < -0.39 is 0 Å². The summed E-state index contributed by atoms with van der Waals surface area (Å²) >= 11 is 0. The first-order valence-electron chi connectivity index (χ1n) is 6.99. The summed E-state index contributed by atoms with van der Waals surface area (Å²) < 4.78 is 10.9. The topological polar surface area (TPSA) is 30.5 Å². The van der Waals surface area contributed by atoms with Crippen molar-refractivity contribution in [3.8, 4) is 11.5 Å². The van der Waals surface area contributed by atoms with Crippen LogP contribution in [0, 0.1) is 6.92 Å². The van der Waals surface area contributed by atoms with Gasteiger partial charge >= 0.3 is 0 Å². The Kier molecular flexibility index (Phi) is 4.04. The minimum atomic E-state index is 0.256. The number of hydrogen-bond acceptors (Lipinski definition) is 3.